The molecule has 0 bridgehead atoms. The molecule has 4 rings (SSSR count). The summed E-state index contributed by atoms with van der Waals surface area (Å²) in [4.78, 5) is 35.4. The standard InChI is InChI=1S/C26H36O6/c1-3-26(31)13-11-17-16(14-26)4-5-19-18(17)10-12-25(2)20(19)6-7-21(25)22(27)15-32-24(30)9-8-23(28)29/h1,16-21,31H,4-15H2,2H3,(H,28,29)/t16?,17-,18+,19+,20-,21+,25-,26+/m0/s1. The highest BCUT2D eigenvalue weighted by Crippen LogP contribution is 2.64. The van der Waals surface area contributed by atoms with Crippen LogP contribution in [0, 0.1) is 53.3 Å². The number of hydrogen-bond donors (Lipinski definition) is 2. The number of carbonyl (C=O) groups is 3. The third-order valence-corrected chi connectivity index (χ3v) is 9.59. The van der Waals surface area contributed by atoms with Gasteiger partial charge in [-0.15, -0.1) is 6.42 Å². The average molecular weight is 445 g/mol. The molecule has 1 unspecified atom stereocenters. The van der Waals surface area contributed by atoms with E-state index in [1.54, 1.807) is 0 Å². The van der Waals surface area contributed by atoms with Gasteiger partial charge in [-0.2, -0.15) is 0 Å². The molecule has 0 saturated heterocycles. The minimum absolute atomic E-state index is 0.0115. The second-order valence-corrected chi connectivity index (χ2v) is 11.0. The van der Waals surface area contributed by atoms with E-state index in [1.807, 2.05) is 0 Å². The van der Waals surface area contributed by atoms with Gasteiger partial charge < -0.3 is 14.9 Å². The summed E-state index contributed by atoms with van der Waals surface area (Å²) in [6.07, 6.45) is 13.9. The third-order valence-electron chi connectivity index (χ3n) is 9.59. The monoisotopic (exact) mass is 444 g/mol. The molecule has 0 radical (unpaired) electrons. The lowest BCUT2D eigenvalue weighted by Crippen LogP contribution is -2.51. The Morgan fingerprint density at radius 3 is 2.47 bits per heavy atom. The molecule has 0 heterocycles. The normalized spacial score (nSPS) is 42.7. The topological polar surface area (TPSA) is 101 Å². The van der Waals surface area contributed by atoms with Crippen molar-refractivity contribution < 1.29 is 29.3 Å². The zero-order valence-corrected chi connectivity index (χ0v) is 19.1. The Morgan fingerprint density at radius 2 is 1.75 bits per heavy atom. The molecule has 6 heteroatoms. The van der Waals surface area contributed by atoms with Crippen LogP contribution in [-0.4, -0.2) is 40.1 Å². The van der Waals surface area contributed by atoms with Crippen LogP contribution in [0.25, 0.3) is 0 Å². The largest absolute Gasteiger partial charge is 0.481 e. The van der Waals surface area contributed by atoms with E-state index in [0.717, 1.165) is 51.4 Å². The summed E-state index contributed by atoms with van der Waals surface area (Å²) in [5.74, 6) is 3.83. The predicted octanol–water partition coefficient (Wildman–Crippen LogP) is 3.60. The number of hydrogen-bond acceptors (Lipinski definition) is 5. The number of Topliss-reactive ketones (excluding diaryl/α,β-unsaturated/α-hetero) is 1. The Balaban J connectivity index is 1.38. The number of esters is 1. The molecule has 0 aromatic rings. The van der Waals surface area contributed by atoms with E-state index in [0.29, 0.717) is 36.0 Å². The van der Waals surface area contributed by atoms with Gasteiger partial charge in [0.1, 0.15) is 12.2 Å². The number of aliphatic hydroxyl groups is 1. The molecule has 6 nitrogen and oxygen atoms in total. The van der Waals surface area contributed by atoms with E-state index < -0.39 is 17.5 Å². The van der Waals surface area contributed by atoms with Gasteiger partial charge in [0.15, 0.2) is 5.78 Å². The first kappa shape index (κ1) is 23.3. The molecule has 176 valence electrons. The molecule has 0 aliphatic heterocycles. The SMILES string of the molecule is C#C[C@@]1(O)CC[C@H]2C(CC[C@@H]3[C@@H]2CC[C@]2(C)[C@@H](C(=O)COC(=O)CCC(=O)O)CC[C@@H]32)C1. The van der Waals surface area contributed by atoms with E-state index in [2.05, 4.69) is 12.8 Å². The Bertz CT molecular complexity index is 814. The number of carboxylic acid groups (broad SMARTS) is 1. The van der Waals surface area contributed by atoms with Gasteiger partial charge in [-0.25, -0.2) is 0 Å². The third kappa shape index (κ3) is 4.21. The predicted molar refractivity (Wildman–Crippen MR) is 117 cm³/mol. The Labute approximate surface area is 190 Å². The molecule has 32 heavy (non-hydrogen) atoms. The van der Waals surface area contributed by atoms with Crippen LogP contribution in [0.2, 0.25) is 0 Å². The van der Waals surface area contributed by atoms with E-state index in [9.17, 15) is 19.5 Å². The Kier molecular flexibility index (Phi) is 6.42. The van der Waals surface area contributed by atoms with E-state index in [4.69, 9.17) is 16.3 Å². The van der Waals surface area contributed by atoms with Crippen molar-refractivity contribution >= 4 is 17.7 Å². The van der Waals surface area contributed by atoms with Gasteiger partial charge in [0, 0.05) is 5.92 Å². The van der Waals surface area contributed by atoms with Gasteiger partial charge in [-0.1, -0.05) is 12.8 Å². The molecule has 4 fully saturated rings. The lowest BCUT2D eigenvalue weighted by molar-refractivity contribution is -0.153. The number of terminal acetylenes is 1. The van der Waals surface area contributed by atoms with Crippen LogP contribution in [0.15, 0.2) is 0 Å². The summed E-state index contributed by atoms with van der Waals surface area (Å²) < 4.78 is 5.11. The number of ether oxygens (including phenoxy) is 1. The fourth-order valence-corrected chi connectivity index (χ4v) is 8.07. The number of ketones is 1. The highest BCUT2D eigenvalue weighted by molar-refractivity contribution is 5.86. The van der Waals surface area contributed by atoms with Crippen LogP contribution in [0.4, 0.5) is 0 Å². The van der Waals surface area contributed by atoms with Crippen molar-refractivity contribution in [2.45, 2.75) is 83.2 Å². The fraction of sp³-hybridized carbons (Fsp3) is 0.808. The quantitative estimate of drug-likeness (QED) is 0.480. The van der Waals surface area contributed by atoms with Crippen LogP contribution in [-0.2, 0) is 19.1 Å². The molecule has 4 aliphatic rings. The van der Waals surface area contributed by atoms with Crippen LogP contribution in [0.3, 0.4) is 0 Å². The first-order chi connectivity index (χ1) is 15.2. The zero-order valence-electron chi connectivity index (χ0n) is 19.1. The second kappa shape index (κ2) is 8.82. The zero-order chi connectivity index (χ0) is 23.1. The average Bonchev–Trinajstić information content (AvgIpc) is 3.13. The Morgan fingerprint density at radius 1 is 1.00 bits per heavy atom. The first-order valence-electron chi connectivity index (χ1n) is 12.3. The van der Waals surface area contributed by atoms with Crippen molar-refractivity contribution in [2.75, 3.05) is 6.61 Å². The molecular formula is C26H36O6. The van der Waals surface area contributed by atoms with Crippen LogP contribution in [0.5, 0.6) is 0 Å². The summed E-state index contributed by atoms with van der Waals surface area (Å²) in [7, 11) is 0. The molecule has 4 aliphatic carbocycles. The van der Waals surface area contributed by atoms with Gasteiger partial charge in [0.2, 0.25) is 0 Å². The summed E-state index contributed by atoms with van der Waals surface area (Å²) in [5, 5.41) is 19.3. The van der Waals surface area contributed by atoms with E-state index >= 15 is 0 Å². The molecule has 4 saturated carbocycles. The number of aliphatic carboxylic acids is 1. The first-order valence-corrected chi connectivity index (χ1v) is 12.3. The summed E-state index contributed by atoms with van der Waals surface area (Å²) in [5.41, 5.74) is -0.975. The highest BCUT2D eigenvalue weighted by Gasteiger charge is 2.59. The lowest BCUT2D eigenvalue weighted by atomic mass is 9.49. The number of fused-ring (bicyclic) bond motifs is 5. The molecule has 0 aromatic heterocycles. The molecule has 8 atom stereocenters. The van der Waals surface area contributed by atoms with Crippen LogP contribution in [0.1, 0.15) is 77.6 Å². The maximum Gasteiger partial charge on any atom is 0.306 e. The molecule has 0 aromatic carbocycles. The van der Waals surface area contributed by atoms with Crippen molar-refractivity contribution in [3.8, 4) is 12.3 Å². The minimum Gasteiger partial charge on any atom is -0.481 e. The van der Waals surface area contributed by atoms with Crippen molar-refractivity contribution in [3.05, 3.63) is 0 Å². The summed E-state index contributed by atoms with van der Waals surface area (Å²) in [6.45, 7) is 2.02. The summed E-state index contributed by atoms with van der Waals surface area (Å²) >= 11 is 0. The van der Waals surface area contributed by atoms with Gasteiger partial charge in [-0.3, -0.25) is 14.4 Å². The minimum atomic E-state index is -1.05. The number of rotatable bonds is 6. The van der Waals surface area contributed by atoms with Gasteiger partial charge in [0.25, 0.3) is 0 Å². The maximum atomic E-state index is 13.0. The van der Waals surface area contributed by atoms with Crippen molar-refractivity contribution in [2.24, 2.45) is 40.9 Å². The number of carbonyl (C=O) groups excluding carboxylic acids is 2. The second-order valence-electron chi connectivity index (χ2n) is 11.0. The van der Waals surface area contributed by atoms with Crippen LogP contribution < -0.4 is 0 Å². The fourth-order valence-electron chi connectivity index (χ4n) is 8.07. The summed E-state index contributed by atoms with van der Waals surface area (Å²) in [6, 6.07) is 0. The Hall–Kier alpha value is -1.87. The van der Waals surface area contributed by atoms with Gasteiger partial charge in [-0.05, 0) is 92.8 Å². The smallest absolute Gasteiger partial charge is 0.306 e. The molecular weight excluding hydrogens is 408 g/mol. The highest BCUT2D eigenvalue weighted by atomic mass is 16.5. The van der Waals surface area contributed by atoms with Crippen molar-refractivity contribution in [1.29, 1.82) is 0 Å². The molecule has 0 amide bonds. The van der Waals surface area contributed by atoms with Crippen molar-refractivity contribution in [3.63, 3.8) is 0 Å². The number of carboxylic acids is 1. The van der Waals surface area contributed by atoms with Gasteiger partial charge in [0.05, 0.1) is 12.8 Å². The lowest BCUT2D eigenvalue weighted by Gasteiger charge is -2.56. The van der Waals surface area contributed by atoms with Crippen LogP contribution >= 0.6 is 0 Å². The van der Waals surface area contributed by atoms with E-state index in [-0.39, 0.29) is 36.6 Å². The maximum absolute atomic E-state index is 13.0. The van der Waals surface area contributed by atoms with Gasteiger partial charge >= 0.3 is 11.9 Å². The molecule has 0 spiro atoms. The molecule has 2 N–H and O–H groups in total. The van der Waals surface area contributed by atoms with Crippen molar-refractivity contribution in [1.82, 2.24) is 0 Å². The van der Waals surface area contributed by atoms with E-state index in [1.165, 1.54) is 0 Å².